The second kappa shape index (κ2) is 6.71. The van der Waals surface area contributed by atoms with Crippen molar-refractivity contribution in [2.75, 3.05) is 5.73 Å². The van der Waals surface area contributed by atoms with Crippen molar-refractivity contribution in [1.82, 2.24) is 0 Å². The maximum Gasteiger partial charge on any atom is 0.162 e. The number of benzene rings is 2. The van der Waals surface area contributed by atoms with Gasteiger partial charge in [-0.1, -0.05) is 36.9 Å². The molecule has 0 atom stereocenters. The summed E-state index contributed by atoms with van der Waals surface area (Å²) >= 11 is 0. The van der Waals surface area contributed by atoms with Gasteiger partial charge in [0, 0.05) is 17.7 Å². The molecule has 20 heavy (non-hydrogen) atoms. The highest BCUT2D eigenvalue weighted by atomic mass is 16.1. The van der Waals surface area contributed by atoms with E-state index in [0.29, 0.717) is 12.1 Å². The SMILES string of the molecule is C=C(CCCC(=O)c1ccc(N)cc1)c1ccccc1. The maximum atomic E-state index is 12.0. The van der Waals surface area contributed by atoms with Gasteiger partial charge >= 0.3 is 0 Å². The van der Waals surface area contributed by atoms with Crippen LogP contribution in [0.5, 0.6) is 0 Å². The minimum absolute atomic E-state index is 0.158. The molecule has 0 spiro atoms. The van der Waals surface area contributed by atoms with Gasteiger partial charge in [0.25, 0.3) is 0 Å². The van der Waals surface area contributed by atoms with Crippen LogP contribution in [-0.2, 0) is 0 Å². The van der Waals surface area contributed by atoms with Crippen LogP contribution in [0, 0.1) is 0 Å². The van der Waals surface area contributed by atoms with Gasteiger partial charge in [0.1, 0.15) is 0 Å². The van der Waals surface area contributed by atoms with E-state index >= 15 is 0 Å². The molecular weight excluding hydrogens is 246 g/mol. The van der Waals surface area contributed by atoms with Crippen molar-refractivity contribution in [3.8, 4) is 0 Å². The van der Waals surface area contributed by atoms with Crippen LogP contribution < -0.4 is 5.73 Å². The Hall–Kier alpha value is -2.35. The summed E-state index contributed by atoms with van der Waals surface area (Å²) < 4.78 is 0. The number of allylic oxidation sites excluding steroid dienone is 1. The van der Waals surface area contributed by atoms with Crippen molar-refractivity contribution in [1.29, 1.82) is 0 Å². The smallest absolute Gasteiger partial charge is 0.162 e. The van der Waals surface area contributed by atoms with Gasteiger partial charge < -0.3 is 5.73 Å². The normalized spacial score (nSPS) is 10.2. The van der Waals surface area contributed by atoms with Gasteiger partial charge in [0.05, 0.1) is 0 Å². The minimum Gasteiger partial charge on any atom is -0.399 e. The number of carbonyl (C=O) groups excluding carboxylic acids is 1. The lowest BCUT2D eigenvalue weighted by molar-refractivity contribution is 0.0980. The third kappa shape index (κ3) is 3.82. The summed E-state index contributed by atoms with van der Waals surface area (Å²) in [4.78, 5) is 12.0. The van der Waals surface area contributed by atoms with E-state index in [-0.39, 0.29) is 5.78 Å². The number of hydrogen-bond donors (Lipinski definition) is 1. The summed E-state index contributed by atoms with van der Waals surface area (Å²) in [5.41, 5.74) is 9.24. The van der Waals surface area contributed by atoms with Crippen molar-refractivity contribution in [3.05, 3.63) is 72.3 Å². The lowest BCUT2D eigenvalue weighted by Gasteiger charge is -2.06. The van der Waals surface area contributed by atoms with E-state index in [0.717, 1.165) is 29.5 Å². The molecular formula is C18H19NO. The summed E-state index contributed by atoms with van der Waals surface area (Å²) in [6.45, 7) is 4.08. The molecule has 102 valence electrons. The Morgan fingerprint density at radius 2 is 1.55 bits per heavy atom. The van der Waals surface area contributed by atoms with Crippen molar-refractivity contribution in [3.63, 3.8) is 0 Å². The lowest BCUT2D eigenvalue weighted by Crippen LogP contribution is -1.99. The third-order valence-corrected chi connectivity index (χ3v) is 3.30. The number of hydrogen-bond acceptors (Lipinski definition) is 2. The first-order chi connectivity index (χ1) is 9.66. The summed E-state index contributed by atoms with van der Waals surface area (Å²) in [6, 6.07) is 17.2. The fourth-order valence-electron chi connectivity index (χ4n) is 2.09. The highest BCUT2D eigenvalue weighted by molar-refractivity contribution is 5.96. The average molecular weight is 265 g/mol. The minimum atomic E-state index is 0.158. The van der Waals surface area contributed by atoms with Crippen LogP contribution in [0.4, 0.5) is 5.69 Å². The molecule has 0 radical (unpaired) electrons. The monoisotopic (exact) mass is 265 g/mol. The quantitative estimate of drug-likeness (QED) is 0.624. The lowest BCUT2D eigenvalue weighted by atomic mass is 9.99. The number of rotatable bonds is 6. The van der Waals surface area contributed by atoms with E-state index in [2.05, 4.69) is 6.58 Å². The molecule has 0 heterocycles. The van der Waals surface area contributed by atoms with Gasteiger partial charge in [0.15, 0.2) is 5.78 Å². The second-order valence-electron chi connectivity index (χ2n) is 4.87. The van der Waals surface area contributed by atoms with E-state index < -0.39 is 0 Å². The van der Waals surface area contributed by atoms with E-state index in [1.807, 2.05) is 30.3 Å². The zero-order valence-electron chi connectivity index (χ0n) is 11.5. The van der Waals surface area contributed by atoms with Crippen LogP contribution >= 0.6 is 0 Å². The first kappa shape index (κ1) is 14.1. The molecule has 0 bridgehead atoms. The highest BCUT2D eigenvalue weighted by Gasteiger charge is 2.06. The molecule has 2 aromatic rings. The standard InChI is InChI=1S/C18H19NO/c1-14(15-7-3-2-4-8-15)6-5-9-18(20)16-10-12-17(19)13-11-16/h2-4,7-8,10-13H,1,5-6,9,19H2. The molecule has 0 aliphatic heterocycles. The maximum absolute atomic E-state index is 12.0. The Kier molecular flexibility index (Phi) is 4.72. The highest BCUT2D eigenvalue weighted by Crippen LogP contribution is 2.19. The van der Waals surface area contributed by atoms with Crippen LogP contribution in [0.25, 0.3) is 5.57 Å². The number of ketones is 1. The van der Waals surface area contributed by atoms with Crippen LogP contribution in [0.2, 0.25) is 0 Å². The van der Waals surface area contributed by atoms with Gasteiger partial charge in [0.2, 0.25) is 0 Å². The van der Waals surface area contributed by atoms with Crippen molar-refractivity contribution in [2.45, 2.75) is 19.3 Å². The number of nitrogens with two attached hydrogens (primary N) is 1. The Morgan fingerprint density at radius 3 is 2.20 bits per heavy atom. The van der Waals surface area contributed by atoms with E-state index in [4.69, 9.17) is 5.73 Å². The predicted molar refractivity (Wildman–Crippen MR) is 84.5 cm³/mol. The first-order valence-corrected chi connectivity index (χ1v) is 6.79. The van der Waals surface area contributed by atoms with E-state index in [1.54, 1.807) is 24.3 Å². The van der Waals surface area contributed by atoms with Crippen molar-refractivity contribution < 1.29 is 4.79 Å². The fourth-order valence-corrected chi connectivity index (χ4v) is 2.09. The molecule has 0 aliphatic carbocycles. The van der Waals surface area contributed by atoms with Crippen LogP contribution in [-0.4, -0.2) is 5.78 Å². The zero-order valence-corrected chi connectivity index (χ0v) is 11.5. The summed E-state index contributed by atoms with van der Waals surface area (Å²) in [6.07, 6.45) is 2.19. The van der Waals surface area contributed by atoms with Crippen molar-refractivity contribution >= 4 is 17.0 Å². The van der Waals surface area contributed by atoms with Gasteiger partial charge in [-0.15, -0.1) is 0 Å². The molecule has 2 heteroatoms. The Bertz CT molecular complexity index is 585. The molecule has 0 saturated heterocycles. The largest absolute Gasteiger partial charge is 0.399 e. The number of carbonyl (C=O) groups is 1. The third-order valence-electron chi connectivity index (χ3n) is 3.30. The van der Waals surface area contributed by atoms with Crippen LogP contribution in [0.3, 0.4) is 0 Å². The molecule has 2 aromatic carbocycles. The Morgan fingerprint density at radius 1 is 0.900 bits per heavy atom. The first-order valence-electron chi connectivity index (χ1n) is 6.79. The van der Waals surface area contributed by atoms with E-state index in [1.165, 1.54) is 0 Å². The van der Waals surface area contributed by atoms with Crippen molar-refractivity contribution in [2.24, 2.45) is 0 Å². The topological polar surface area (TPSA) is 43.1 Å². The van der Waals surface area contributed by atoms with Gasteiger partial charge in [-0.05, 0) is 48.2 Å². The predicted octanol–water partition coefficient (Wildman–Crippen LogP) is 4.34. The van der Waals surface area contributed by atoms with Crippen LogP contribution in [0.15, 0.2) is 61.2 Å². The molecule has 0 amide bonds. The van der Waals surface area contributed by atoms with Crippen LogP contribution in [0.1, 0.15) is 35.2 Å². The average Bonchev–Trinajstić information content (AvgIpc) is 2.48. The molecule has 0 fully saturated rings. The van der Waals surface area contributed by atoms with E-state index in [9.17, 15) is 4.79 Å². The molecule has 2 rings (SSSR count). The van der Waals surface area contributed by atoms with Gasteiger partial charge in [-0.2, -0.15) is 0 Å². The summed E-state index contributed by atoms with van der Waals surface area (Å²) in [7, 11) is 0. The molecule has 0 aliphatic rings. The molecule has 0 aromatic heterocycles. The summed E-state index contributed by atoms with van der Waals surface area (Å²) in [5, 5.41) is 0. The number of nitrogen functional groups attached to an aromatic ring is 1. The number of anilines is 1. The van der Waals surface area contributed by atoms with Gasteiger partial charge in [-0.25, -0.2) is 0 Å². The fraction of sp³-hybridized carbons (Fsp3) is 0.167. The molecule has 0 saturated carbocycles. The molecule has 2 N–H and O–H groups in total. The molecule has 2 nitrogen and oxygen atoms in total. The molecule has 0 unspecified atom stereocenters. The van der Waals surface area contributed by atoms with Gasteiger partial charge in [-0.3, -0.25) is 4.79 Å². The number of Topliss-reactive ketones (excluding diaryl/α,β-unsaturated/α-hetero) is 1. The Balaban J connectivity index is 1.83. The zero-order chi connectivity index (χ0) is 14.4. The second-order valence-corrected chi connectivity index (χ2v) is 4.87. The summed E-state index contributed by atoms with van der Waals surface area (Å²) in [5.74, 6) is 0.158. The Labute approximate surface area is 119 Å².